The smallest absolute Gasteiger partial charge is 0.269 e. The van der Waals surface area contributed by atoms with Crippen LogP contribution in [0.5, 0.6) is 0 Å². The van der Waals surface area contributed by atoms with E-state index in [0.717, 1.165) is 18.4 Å². The highest BCUT2D eigenvalue weighted by molar-refractivity contribution is 5.35. The molecule has 0 bridgehead atoms. The lowest BCUT2D eigenvalue weighted by molar-refractivity contribution is -0.385. The normalized spacial score (nSPS) is 25.4. The number of rotatable bonds is 4. The maximum absolute atomic E-state index is 10.9. The second-order valence-corrected chi connectivity index (χ2v) is 5.64. The summed E-state index contributed by atoms with van der Waals surface area (Å²) in [6.45, 7) is 4.98. The molecule has 1 aliphatic rings. The molecule has 1 saturated heterocycles. The van der Waals surface area contributed by atoms with Gasteiger partial charge in [-0.05, 0) is 32.3 Å². The molecular formula is C15H23N3O2. The average molecular weight is 277 g/mol. The van der Waals surface area contributed by atoms with Crippen LogP contribution < -0.4 is 5.73 Å². The van der Waals surface area contributed by atoms with Gasteiger partial charge in [-0.15, -0.1) is 0 Å². The van der Waals surface area contributed by atoms with Gasteiger partial charge < -0.3 is 5.73 Å². The highest BCUT2D eigenvalue weighted by atomic mass is 16.6. The van der Waals surface area contributed by atoms with Crippen molar-refractivity contribution in [3.05, 3.63) is 39.9 Å². The Morgan fingerprint density at radius 1 is 1.50 bits per heavy atom. The Morgan fingerprint density at radius 2 is 2.25 bits per heavy atom. The summed E-state index contributed by atoms with van der Waals surface area (Å²) in [6, 6.07) is 7.93. The fourth-order valence-electron chi connectivity index (χ4n) is 3.31. The molecule has 1 aromatic carbocycles. The molecule has 1 fully saturated rings. The van der Waals surface area contributed by atoms with E-state index in [1.807, 2.05) is 6.07 Å². The Hall–Kier alpha value is -1.46. The van der Waals surface area contributed by atoms with E-state index in [2.05, 4.69) is 18.7 Å². The molecule has 0 aliphatic carbocycles. The predicted octanol–water partition coefficient (Wildman–Crippen LogP) is 2.86. The van der Waals surface area contributed by atoms with Crippen LogP contribution in [0, 0.1) is 10.1 Å². The minimum Gasteiger partial charge on any atom is -0.329 e. The maximum atomic E-state index is 10.9. The highest BCUT2D eigenvalue weighted by Gasteiger charge is 2.31. The van der Waals surface area contributed by atoms with Crippen molar-refractivity contribution in [3.63, 3.8) is 0 Å². The molecule has 1 heterocycles. The molecule has 3 atom stereocenters. The van der Waals surface area contributed by atoms with E-state index in [9.17, 15) is 10.1 Å². The lowest BCUT2D eigenvalue weighted by atomic mass is 9.92. The highest BCUT2D eigenvalue weighted by Crippen LogP contribution is 2.32. The van der Waals surface area contributed by atoms with E-state index >= 15 is 0 Å². The summed E-state index contributed by atoms with van der Waals surface area (Å²) in [4.78, 5) is 13.0. The van der Waals surface area contributed by atoms with Gasteiger partial charge in [0.15, 0.2) is 0 Å². The molecule has 1 aliphatic heterocycles. The van der Waals surface area contributed by atoms with Gasteiger partial charge in [-0.2, -0.15) is 0 Å². The van der Waals surface area contributed by atoms with Crippen molar-refractivity contribution in [2.75, 3.05) is 6.54 Å². The fourth-order valence-corrected chi connectivity index (χ4v) is 3.31. The van der Waals surface area contributed by atoms with Crippen LogP contribution in [-0.4, -0.2) is 28.5 Å². The van der Waals surface area contributed by atoms with Gasteiger partial charge in [-0.3, -0.25) is 15.0 Å². The number of nitro benzene ring substituents is 1. The SMILES string of the molecule is CC1CCCC(CN)N1C(C)c1cccc([N+](=O)[O-])c1. The molecule has 0 spiro atoms. The summed E-state index contributed by atoms with van der Waals surface area (Å²) >= 11 is 0. The molecule has 5 heteroatoms. The van der Waals surface area contributed by atoms with Gasteiger partial charge in [0.1, 0.15) is 0 Å². The summed E-state index contributed by atoms with van der Waals surface area (Å²) in [5.41, 5.74) is 7.05. The van der Waals surface area contributed by atoms with Crippen molar-refractivity contribution in [3.8, 4) is 0 Å². The zero-order valence-electron chi connectivity index (χ0n) is 12.2. The third kappa shape index (κ3) is 2.99. The molecule has 0 amide bonds. The van der Waals surface area contributed by atoms with E-state index < -0.39 is 0 Å². The van der Waals surface area contributed by atoms with Crippen LogP contribution in [0.3, 0.4) is 0 Å². The standard InChI is InChI=1S/C15H23N3O2/c1-11-5-3-8-15(10-16)17(11)12(2)13-6-4-7-14(9-13)18(19)20/h4,6-7,9,11-12,15H,3,5,8,10,16H2,1-2H3. The second-order valence-electron chi connectivity index (χ2n) is 5.64. The lowest BCUT2D eigenvalue weighted by Crippen LogP contribution is -2.49. The van der Waals surface area contributed by atoms with Crippen molar-refractivity contribution in [1.82, 2.24) is 4.90 Å². The van der Waals surface area contributed by atoms with Crippen LogP contribution in [0.4, 0.5) is 5.69 Å². The fraction of sp³-hybridized carbons (Fsp3) is 0.600. The van der Waals surface area contributed by atoms with E-state index in [4.69, 9.17) is 5.73 Å². The molecule has 20 heavy (non-hydrogen) atoms. The minimum atomic E-state index is -0.337. The molecule has 0 saturated carbocycles. The first kappa shape index (κ1) is 14.9. The zero-order chi connectivity index (χ0) is 14.7. The Bertz CT molecular complexity index is 478. The molecule has 5 nitrogen and oxygen atoms in total. The van der Waals surface area contributed by atoms with Crippen LogP contribution in [-0.2, 0) is 0 Å². The molecular weight excluding hydrogens is 254 g/mol. The Kier molecular flexibility index (Phi) is 4.73. The first-order valence-corrected chi connectivity index (χ1v) is 7.26. The Morgan fingerprint density at radius 3 is 2.90 bits per heavy atom. The van der Waals surface area contributed by atoms with Crippen LogP contribution in [0.2, 0.25) is 0 Å². The summed E-state index contributed by atoms with van der Waals surface area (Å²) < 4.78 is 0. The van der Waals surface area contributed by atoms with Crippen LogP contribution >= 0.6 is 0 Å². The molecule has 2 N–H and O–H groups in total. The number of nitro groups is 1. The van der Waals surface area contributed by atoms with Crippen LogP contribution in [0.25, 0.3) is 0 Å². The summed E-state index contributed by atoms with van der Waals surface area (Å²) in [7, 11) is 0. The topological polar surface area (TPSA) is 72.4 Å². The number of hydrogen-bond donors (Lipinski definition) is 1. The Labute approximate surface area is 119 Å². The number of nitrogens with two attached hydrogens (primary N) is 1. The van der Waals surface area contributed by atoms with E-state index in [1.54, 1.807) is 12.1 Å². The van der Waals surface area contributed by atoms with Gasteiger partial charge in [-0.1, -0.05) is 18.6 Å². The quantitative estimate of drug-likeness (QED) is 0.678. The van der Waals surface area contributed by atoms with Crippen molar-refractivity contribution < 1.29 is 4.92 Å². The molecule has 1 aromatic rings. The maximum Gasteiger partial charge on any atom is 0.269 e. The van der Waals surface area contributed by atoms with Crippen molar-refractivity contribution in [1.29, 1.82) is 0 Å². The van der Waals surface area contributed by atoms with Crippen LogP contribution in [0.15, 0.2) is 24.3 Å². The van der Waals surface area contributed by atoms with E-state index in [1.165, 1.54) is 12.5 Å². The van der Waals surface area contributed by atoms with Gasteiger partial charge in [0.05, 0.1) is 4.92 Å². The minimum absolute atomic E-state index is 0.152. The number of hydrogen-bond acceptors (Lipinski definition) is 4. The first-order valence-electron chi connectivity index (χ1n) is 7.26. The summed E-state index contributed by atoms with van der Waals surface area (Å²) in [5.74, 6) is 0. The second kappa shape index (κ2) is 6.33. The van der Waals surface area contributed by atoms with Gasteiger partial charge in [-0.25, -0.2) is 0 Å². The third-order valence-corrected chi connectivity index (χ3v) is 4.37. The van der Waals surface area contributed by atoms with Crippen LogP contribution in [0.1, 0.15) is 44.7 Å². The summed E-state index contributed by atoms with van der Waals surface area (Å²) in [6.07, 6.45) is 3.48. The lowest BCUT2D eigenvalue weighted by Gasteiger charge is -2.44. The zero-order valence-corrected chi connectivity index (χ0v) is 12.2. The molecule has 0 radical (unpaired) electrons. The number of benzene rings is 1. The van der Waals surface area contributed by atoms with Gasteiger partial charge >= 0.3 is 0 Å². The predicted molar refractivity (Wildman–Crippen MR) is 79.5 cm³/mol. The third-order valence-electron chi connectivity index (χ3n) is 4.37. The van der Waals surface area contributed by atoms with Crippen molar-refractivity contribution in [2.24, 2.45) is 5.73 Å². The van der Waals surface area contributed by atoms with Crippen molar-refractivity contribution >= 4 is 5.69 Å². The molecule has 0 aromatic heterocycles. The van der Waals surface area contributed by atoms with Gasteiger partial charge in [0.25, 0.3) is 5.69 Å². The first-order chi connectivity index (χ1) is 9.54. The monoisotopic (exact) mass is 277 g/mol. The largest absolute Gasteiger partial charge is 0.329 e. The molecule has 2 rings (SSSR count). The van der Waals surface area contributed by atoms with E-state index in [-0.39, 0.29) is 16.7 Å². The molecule has 3 unspecified atom stereocenters. The summed E-state index contributed by atoms with van der Waals surface area (Å²) in [5, 5.41) is 10.9. The number of likely N-dealkylation sites (tertiary alicyclic amines) is 1. The number of non-ortho nitro benzene ring substituents is 1. The number of piperidine rings is 1. The average Bonchev–Trinajstić information content (AvgIpc) is 2.46. The van der Waals surface area contributed by atoms with Gasteiger partial charge in [0.2, 0.25) is 0 Å². The molecule has 110 valence electrons. The van der Waals surface area contributed by atoms with Gasteiger partial charge in [0, 0.05) is 36.8 Å². The Balaban J connectivity index is 2.26. The van der Waals surface area contributed by atoms with Crippen molar-refractivity contribution in [2.45, 2.75) is 51.2 Å². The van der Waals surface area contributed by atoms with E-state index in [0.29, 0.717) is 18.6 Å². The number of nitrogens with zero attached hydrogens (tertiary/aromatic N) is 2.